The van der Waals surface area contributed by atoms with Crippen LogP contribution in [0.5, 0.6) is 11.6 Å². The number of pyridine rings is 2. The van der Waals surface area contributed by atoms with Crippen molar-refractivity contribution in [1.82, 2.24) is 9.97 Å². The molecule has 1 fully saturated rings. The average molecular weight is 345 g/mol. The zero-order chi connectivity index (χ0) is 17.8. The minimum absolute atomic E-state index is 0.00789. The maximum absolute atomic E-state index is 13.8. The number of anilines is 1. The molecule has 2 aromatic heterocycles. The molecule has 0 aliphatic carbocycles. The third-order valence-corrected chi connectivity index (χ3v) is 4.26. The quantitative estimate of drug-likeness (QED) is 0.613. The van der Waals surface area contributed by atoms with E-state index in [1.54, 1.807) is 19.4 Å². The Morgan fingerprint density at radius 3 is 2.68 bits per heavy atom. The van der Waals surface area contributed by atoms with E-state index in [0.717, 1.165) is 18.4 Å². The van der Waals surface area contributed by atoms with Gasteiger partial charge in [-0.05, 0) is 24.6 Å². The van der Waals surface area contributed by atoms with Crippen LogP contribution in [0, 0.1) is 12.9 Å². The van der Waals surface area contributed by atoms with Crippen molar-refractivity contribution in [1.29, 1.82) is 0 Å². The van der Waals surface area contributed by atoms with Gasteiger partial charge in [0.1, 0.15) is 17.7 Å². The van der Waals surface area contributed by atoms with Gasteiger partial charge in [-0.2, -0.15) is 4.39 Å². The van der Waals surface area contributed by atoms with Gasteiger partial charge in [0.15, 0.2) is 6.29 Å². The van der Waals surface area contributed by atoms with Gasteiger partial charge in [0.05, 0.1) is 18.9 Å². The van der Waals surface area contributed by atoms with Crippen LogP contribution < -0.4 is 14.4 Å². The molecular formula is C18H20FN3O3. The molecule has 132 valence electrons. The van der Waals surface area contributed by atoms with E-state index in [9.17, 15) is 9.18 Å². The first-order chi connectivity index (χ1) is 12.1. The molecule has 3 heterocycles. The molecule has 0 radical (unpaired) electrons. The SMILES string of the molecule is COc1ccc(OC2CCN(c3nc(F)c(C=O)cc3C)CC2)cn1. The van der Waals surface area contributed by atoms with Crippen LogP contribution in [0.25, 0.3) is 0 Å². The Bertz CT molecular complexity index is 744. The Kier molecular flexibility index (Phi) is 5.11. The number of methoxy groups -OCH3 is 1. The van der Waals surface area contributed by atoms with E-state index in [0.29, 0.717) is 36.8 Å². The van der Waals surface area contributed by atoms with Crippen LogP contribution in [0.15, 0.2) is 24.4 Å². The normalized spacial score (nSPS) is 15.1. The molecule has 2 aromatic rings. The first-order valence-electron chi connectivity index (χ1n) is 8.14. The summed E-state index contributed by atoms with van der Waals surface area (Å²) in [5.74, 6) is 1.12. The summed E-state index contributed by atoms with van der Waals surface area (Å²) >= 11 is 0. The van der Waals surface area contributed by atoms with Crippen LogP contribution in [0.2, 0.25) is 0 Å². The number of hydrogen-bond acceptors (Lipinski definition) is 6. The van der Waals surface area contributed by atoms with E-state index in [-0.39, 0.29) is 11.7 Å². The van der Waals surface area contributed by atoms with Crippen molar-refractivity contribution in [3.63, 3.8) is 0 Å². The number of piperidine rings is 1. The summed E-state index contributed by atoms with van der Waals surface area (Å²) in [7, 11) is 1.57. The van der Waals surface area contributed by atoms with Gasteiger partial charge >= 0.3 is 0 Å². The molecule has 0 spiro atoms. The highest BCUT2D eigenvalue weighted by molar-refractivity contribution is 5.76. The van der Waals surface area contributed by atoms with Crippen molar-refractivity contribution < 1.29 is 18.7 Å². The van der Waals surface area contributed by atoms with Crippen LogP contribution in [0.4, 0.5) is 10.2 Å². The molecule has 3 rings (SSSR count). The molecule has 1 aliphatic heterocycles. The van der Waals surface area contributed by atoms with Crippen molar-refractivity contribution >= 4 is 12.1 Å². The van der Waals surface area contributed by atoms with Crippen LogP contribution in [0.1, 0.15) is 28.8 Å². The van der Waals surface area contributed by atoms with E-state index < -0.39 is 5.95 Å². The summed E-state index contributed by atoms with van der Waals surface area (Å²) in [6, 6.07) is 5.13. The van der Waals surface area contributed by atoms with Gasteiger partial charge in [0.2, 0.25) is 11.8 Å². The Morgan fingerprint density at radius 1 is 1.32 bits per heavy atom. The topological polar surface area (TPSA) is 64.6 Å². The zero-order valence-electron chi connectivity index (χ0n) is 14.2. The average Bonchev–Trinajstić information content (AvgIpc) is 2.64. The van der Waals surface area contributed by atoms with Gasteiger partial charge in [-0.15, -0.1) is 0 Å². The van der Waals surface area contributed by atoms with Crippen LogP contribution in [-0.2, 0) is 0 Å². The lowest BCUT2D eigenvalue weighted by Crippen LogP contribution is -2.39. The van der Waals surface area contributed by atoms with Gasteiger partial charge in [0, 0.05) is 32.0 Å². The third kappa shape index (κ3) is 3.87. The van der Waals surface area contributed by atoms with Crippen LogP contribution >= 0.6 is 0 Å². The number of carbonyl (C=O) groups excluding carboxylic acids is 1. The monoisotopic (exact) mass is 345 g/mol. The zero-order valence-corrected chi connectivity index (χ0v) is 14.2. The summed E-state index contributed by atoms with van der Waals surface area (Å²) in [6.45, 7) is 3.25. The largest absolute Gasteiger partial charge is 0.489 e. The van der Waals surface area contributed by atoms with Crippen molar-refractivity contribution in [2.45, 2.75) is 25.9 Å². The molecule has 0 amide bonds. The fourth-order valence-electron chi connectivity index (χ4n) is 2.94. The summed E-state index contributed by atoms with van der Waals surface area (Å²) in [5.41, 5.74) is 0.786. The number of hydrogen-bond donors (Lipinski definition) is 0. The minimum Gasteiger partial charge on any atom is -0.489 e. The van der Waals surface area contributed by atoms with Gasteiger partial charge in [-0.3, -0.25) is 4.79 Å². The van der Waals surface area contributed by atoms with Gasteiger partial charge in [-0.1, -0.05) is 0 Å². The predicted molar refractivity (Wildman–Crippen MR) is 91.0 cm³/mol. The van der Waals surface area contributed by atoms with Gasteiger partial charge < -0.3 is 14.4 Å². The fourth-order valence-corrected chi connectivity index (χ4v) is 2.94. The maximum atomic E-state index is 13.8. The highest BCUT2D eigenvalue weighted by Crippen LogP contribution is 2.25. The molecular weight excluding hydrogens is 325 g/mol. The Morgan fingerprint density at radius 2 is 2.08 bits per heavy atom. The van der Waals surface area contributed by atoms with Crippen molar-refractivity contribution in [3.05, 3.63) is 41.5 Å². The Balaban J connectivity index is 1.61. The van der Waals surface area contributed by atoms with Gasteiger partial charge in [-0.25, -0.2) is 9.97 Å². The number of aryl methyl sites for hydroxylation is 1. The number of ether oxygens (including phenoxy) is 2. The lowest BCUT2D eigenvalue weighted by molar-refractivity contribution is 0.111. The molecule has 25 heavy (non-hydrogen) atoms. The third-order valence-electron chi connectivity index (χ3n) is 4.26. The number of carbonyl (C=O) groups is 1. The molecule has 0 unspecified atom stereocenters. The van der Waals surface area contributed by atoms with E-state index in [1.807, 2.05) is 17.9 Å². The highest BCUT2D eigenvalue weighted by Gasteiger charge is 2.23. The molecule has 0 saturated carbocycles. The highest BCUT2D eigenvalue weighted by atomic mass is 19.1. The van der Waals surface area contributed by atoms with Gasteiger partial charge in [0.25, 0.3) is 0 Å². The van der Waals surface area contributed by atoms with Crippen molar-refractivity contribution in [2.24, 2.45) is 0 Å². The summed E-state index contributed by atoms with van der Waals surface area (Å²) in [5, 5.41) is 0. The van der Waals surface area contributed by atoms with E-state index in [2.05, 4.69) is 9.97 Å². The summed E-state index contributed by atoms with van der Waals surface area (Å²) < 4.78 is 24.8. The summed E-state index contributed by atoms with van der Waals surface area (Å²) in [6.07, 6.45) is 3.80. The smallest absolute Gasteiger partial charge is 0.225 e. The molecule has 0 bridgehead atoms. The number of halogens is 1. The Labute approximate surface area is 145 Å². The van der Waals surface area contributed by atoms with Crippen molar-refractivity contribution in [3.8, 4) is 11.6 Å². The number of rotatable bonds is 5. The number of nitrogens with zero attached hydrogens (tertiary/aromatic N) is 3. The van der Waals surface area contributed by atoms with Crippen LogP contribution in [0.3, 0.4) is 0 Å². The first kappa shape index (κ1) is 17.1. The van der Waals surface area contributed by atoms with E-state index >= 15 is 0 Å². The molecule has 0 aromatic carbocycles. The molecule has 0 atom stereocenters. The lowest BCUT2D eigenvalue weighted by atomic mass is 10.1. The standard InChI is InChI=1S/C18H20FN3O3/c1-12-9-13(11-23)17(19)21-18(12)22-7-5-14(6-8-22)25-15-3-4-16(24-2)20-10-15/h3-4,9-11,14H,5-8H2,1-2H3. The second-order valence-electron chi connectivity index (χ2n) is 5.97. The van der Waals surface area contributed by atoms with Crippen LogP contribution in [-0.4, -0.2) is 42.6 Å². The fraction of sp³-hybridized carbons (Fsp3) is 0.389. The summed E-state index contributed by atoms with van der Waals surface area (Å²) in [4.78, 5) is 20.9. The molecule has 1 saturated heterocycles. The van der Waals surface area contributed by atoms with E-state index in [1.165, 1.54) is 6.07 Å². The number of aromatic nitrogens is 2. The van der Waals surface area contributed by atoms with E-state index in [4.69, 9.17) is 9.47 Å². The number of aldehydes is 1. The predicted octanol–water partition coefficient (Wildman–Crippen LogP) is 2.79. The second kappa shape index (κ2) is 7.46. The molecule has 1 aliphatic rings. The Hall–Kier alpha value is -2.70. The molecule has 0 N–H and O–H groups in total. The lowest BCUT2D eigenvalue weighted by Gasteiger charge is -2.33. The maximum Gasteiger partial charge on any atom is 0.225 e. The van der Waals surface area contributed by atoms with Crippen molar-refractivity contribution in [2.75, 3.05) is 25.1 Å². The minimum atomic E-state index is -0.724. The first-order valence-corrected chi connectivity index (χ1v) is 8.14. The molecule has 7 heteroatoms. The second-order valence-corrected chi connectivity index (χ2v) is 5.97. The molecule has 6 nitrogen and oxygen atoms in total.